The normalized spacial score (nSPS) is 21.2. The Bertz CT molecular complexity index is 417. The van der Waals surface area contributed by atoms with Crippen LogP contribution in [0.4, 0.5) is 4.79 Å². The number of carboxylic acids is 1. The molecule has 0 spiro atoms. The fourth-order valence-electron chi connectivity index (χ4n) is 2.39. The van der Waals surface area contributed by atoms with Crippen molar-refractivity contribution >= 4 is 18.0 Å². The molecule has 0 bridgehead atoms. The summed E-state index contributed by atoms with van der Waals surface area (Å²) in [5.41, 5.74) is -0.526. The van der Waals surface area contributed by atoms with Gasteiger partial charge in [0, 0.05) is 19.0 Å². The molecule has 1 aliphatic carbocycles. The Hall–Kier alpha value is -1.79. The molecule has 7 nitrogen and oxygen atoms in total. The van der Waals surface area contributed by atoms with Gasteiger partial charge in [-0.25, -0.2) is 4.79 Å². The Morgan fingerprint density at radius 2 is 1.68 bits per heavy atom. The van der Waals surface area contributed by atoms with E-state index in [4.69, 9.17) is 9.84 Å². The van der Waals surface area contributed by atoms with Crippen molar-refractivity contribution in [3.05, 3.63) is 0 Å². The third-order valence-corrected chi connectivity index (χ3v) is 3.47. The number of carbonyl (C=O) groups is 3. The maximum absolute atomic E-state index is 11.9. The van der Waals surface area contributed by atoms with Crippen molar-refractivity contribution in [1.82, 2.24) is 10.6 Å². The third-order valence-electron chi connectivity index (χ3n) is 3.47. The van der Waals surface area contributed by atoms with Gasteiger partial charge >= 0.3 is 12.1 Å². The van der Waals surface area contributed by atoms with E-state index in [2.05, 4.69) is 10.6 Å². The van der Waals surface area contributed by atoms with Gasteiger partial charge in [-0.3, -0.25) is 9.59 Å². The summed E-state index contributed by atoms with van der Waals surface area (Å²) < 4.78 is 5.09. The van der Waals surface area contributed by atoms with E-state index >= 15 is 0 Å². The molecule has 1 fully saturated rings. The molecule has 0 aromatic rings. The lowest BCUT2D eigenvalue weighted by molar-refractivity contribution is -0.141. The van der Waals surface area contributed by atoms with E-state index in [-0.39, 0.29) is 11.8 Å². The maximum Gasteiger partial charge on any atom is 0.407 e. The molecule has 1 rings (SSSR count). The van der Waals surface area contributed by atoms with Gasteiger partial charge in [-0.2, -0.15) is 0 Å². The number of rotatable bonds is 6. The molecule has 2 atom stereocenters. The summed E-state index contributed by atoms with van der Waals surface area (Å²) in [6.07, 6.45) is 1.73. The number of hydrogen-bond donors (Lipinski definition) is 3. The molecule has 0 heterocycles. The summed E-state index contributed by atoms with van der Waals surface area (Å²) in [7, 11) is 0. The Kier molecular flexibility index (Phi) is 6.64. The molecule has 1 aliphatic rings. The van der Waals surface area contributed by atoms with Crippen LogP contribution in [0.15, 0.2) is 0 Å². The minimum Gasteiger partial charge on any atom is -0.481 e. The molecule has 22 heavy (non-hydrogen) atoms. The van der Waals surface area contributed by atoms with Crippen molar-refractivity contribution in [3.8, 4) is 0 Å². The highest BCUT2D eigenvalue weighted by Gasteiger charge is 2.33. The van der Waals surface area contributed by atoms with Gasteiger partial charge in [0.25, 0.3) is 0 Å². The number of carbonyl (C=O) groups excluding carboxylic acids is 2. The number of aliphatic carboxylic acids is 1. The van der Waals surface area contributed by atoms with Gasteiger partial charge < -0.3 is 20.5 Å². The quantitative estimate of drug-likeness (QED) is 0.645. The second-order valence-electron chi connectivity index (χ2n) is 6.62. The summed E-state index contributed by atoms with van der Waals surface area (Å²) in [6.45, 7) is 6.23. The Morgan fingerprint density at radius 1 is 1.09 bits per heavy atom. The summed E-state index contributed by atoms with van der Waals surface area (Å²) in [6, 6.07) is 0. The van der Waals surface area contributed by atoms with Crippen molar-refractivity contribution in [3.63, 3.8) is 0 Å². The number of nitrogens with one attached hydrogen (secondary N) is 2. The summed E-state index contributed by atoms with van der Waals surface area (Å²) in [4.78, 5) is 34.1. The van der Waals surface area contributed by atoms with Crippen LogP contribution in [0.25, 0.3) is 0 Å². The first-order valence-electron chi connectivity index (χ1n) is 7.66. The van der Waals surface area contributed by atoms with Crippen LogP contribution in [-0.4, -0.2) is 41.8 Å². The van der Waals surface area contributed by atoms with Gasteiger partial charge in [-0.15, -0.1) is 0 Å². The lowest BCUT2D eigenvalue weighted by Gasteiger charge is -2.19. The first-order chi connectivity index (χ1) is 10.2. The van der Waals surface area contributed by atoms with E-state index in [9.17, 15) is 14.4 Å². The van der Waals surface area contributed by atoms with Crippen molar-refractivity contribution in [2.75, 3.05) is 13.1 Å². The molecular formula is C15H26N2O5. The minimum atomic E-state index is -0.822. The van der Waals surface area contributed by atoms with Crippen LogP contribution < -0.4 is 10.6 Å². The van der Waals surface area contributed by atoms with E-state index in [0.717, 1.165) is 0 Å². The molecule has 0 radical (unpaired) electrons. The molecule has 0 aliphatic heterocycles. The van der Waals surface area contributed by atoms with Crippen LogP contribution in [0, 0.1) is 11.8 Å². The molecule has 0 aromatic heterocycles. The lowest BCUT2D eigenvalue weighted by Crippen LogP contribution is -2.35. The van der Waals surface area contributed by atoms with Gasteiger partial charge in [-0.1, -0.05) is 0 Å². The molecule has 0 saturated heterocycles. The van der Waals surface area contributed by atoms with E-state index in [1.54, 1.807) is 20.8 Å². The highest BCUT2D eigenvalue weighted by atomic mass is 16.6. The van der Waals surface area contributed by atoms with Crippen LogP contribution in [0.2, 0.25) is 0 Å². The zero-order chi connectivity index (χ0) is 16.8. The van der Waals surface area contributed by atoms with E-state index < -0.39 is 23.6 Å². The lowest BCUT2D eigenvalue weighted by atomic mass is 10.0. The van der Waals surface area contributed by atoms with Gasteiger partial charge in [0.15, 0.2) is 0 Å². The largest absolute Gasteiger partial charge is 0.481 e. The third kappa shape index (κ3) is 6.78. The highest BCUT2D eigenvalue weighted by Crippen LogP contribution is 2.30. The van der Waals surface area contributed by atoms with Crippen molar-refractivity contribution < 1.29 is 24.2 Å². The number of hydrogen-bond acceptors (Lipinski definition) is 4. The van der Waals surface area contributed by atoms with Gasteiger partial charge in [0.05, 0.1) is 5.92 Å². The van der Waals surface area contributed by atoms with Gasteiger partial charge in [0.1, 0.15) is 5.60 Å². The first-order valence-corrected chi connectivity index (χ1v) is 7.66. The predicted molar refractivity (Wildman–Crippen MR) is 80.3 cm³/mol. The van der Waals surface area contributed by atoms with E-state index in [0.29, 0.717) is 38.8 Å². The number of alkyl carbamates (subject to hydrolysis) is 1. The molecule has 1 saturated carbocycles. The Balaban J connectivity index is 2.11. The Labute approximate surface area is 130 Å². The molecule has 2 unspecified atom stereocenters. The molecule has 3 N–H and O–H groups in total. The fraction of sp³-hybridized carbons (Fsp3) is 0.800. The predicted octanol–water partition coefficient (Wildman–Crippen LogP) is 1.52. The summed E-state index contributed by atoms with van der Waals surface area (Å²) in [5.74, 6) is -1.53. The highest BCUT2D eigenvalue weighted by molar-refractivity contribution is 5.80. The van der Waals surface area contributed by atoms with E-state index in [1.807, 2.05) is 0 Å². The number of amides is 2. The van der Waals surface area contributed by atoms with E-state index in [1.165, 1.54) is 0 Å². The maximum atomic E-state index is 11.9. The molecule has 7 heteroatoms. The standard InChI is InChI=1S/C15H26N2O5/c1-15(2,3)22-14(21)17-8-4-7-16-12(18)10-5-6-11(9-10)13(19)20/h10-11H,4-9H2,1-3H3,(H,16,18)(H,17,21)(H,19,20). The summed E-state index contributed by atoms with van der Waals surface area (Å²) >= 11 is 0. The average molecular weight is 314 g/mol. The van der Waals surface area contributed by atoms with Gasteiger partial charge in [-0.05, 0) is 46.5 Å². The minimum absolute atomic E-state index is 0.0963. The SMILES string of the molecule is CC(C)(C)OC(=O)NCCCNC(=O)C1CCC(C(=O)O)C1. The monoisotopic (exact) mass is 314 g/mol. The Morgan fingerprint density at radius 3 is 2.23 bits per heavy atom. The molecular weight excluding hydrogens is 288 g/mol. The van der Waals surface area contributed by atoms with Crippen molar-refractivity contribution in [2.45, 2.75) is 52.1 Å². The molecule has 126 valence electrons. The van der Waals surface area contributed by atoms with Crippen LogP contribution in [-0.2, 0) is 14.3 Å². The van der Waals surface area contributed by atoms with Crippen LogP contribution in [0.3, 0.4) is 0 Å². The first kappa shape index (κ1) is 18.3. The smallest absolute Gasteiger partial charge is 0.407 e. The van der Waals surface area contributed by atoms with Crippen molar-refractivity contribution in [1.29, 1.82) is 0 Å². The topological polar surface area (TPSA) is 105 Å². The van der Waals surface area contributed by atoms with Gasteiger partial charge in [0.2, 0.25) is 5.91 Å². The summed E-state index contributed by atoms with van der Waals surface area (Å²) in [5, 5.41) is 14.3. The average Bonchev–Trinajstić information content (AvgIpc) is 2.85. The molecule has 2 amide bonds. The number of ether oxygens (including phenoxy) is 1. The zero-order valence-electron chi connectivity index (χ0n) is 13.5. The second-order valence-corrected chi connectivity index (χ2v) is 6.62. The molecule has 0 aromatic carbocycles. The zero-order valence-corrected chi connectivity index (χ0v) is 13.5. The van der Waals surface area contributed by atoms with Crippen LogP contribution in [0.1, 0.15) is 46.5 Å². The second kappa shape index (κ2) is 8.00. The fourth-order valence-corrected chi connectivity index (χ4v) is 2.39. The van der Waals surface area contributed by atoms with Crippen molar-refractivity contribution in [2.24, 2.45) is 11.8 Å². The van der Waals surface area contributed by atoms with Crippen LogP contribution >= 0.6 is 0 Å². The van der Waals surface area contributed by atoms with Crippen LogP contribution in [0.5, 0.6) is 0 Å². The number of carboxylic acid groups (broad SMARTS) is 1.